The minimum absolute atomic E-state index is 0.0578. The van der Waals surface area contributed by atoms with Crippen molar-refractivity contribution in [1.29, 1.82) is 0 Å². The van der Waals surface area contributed by atoms with E-state index in [4.69, 9.17) is 0 Å². The van der Waals surface area contributed by atoms with Gasteiger partial charge in [0.25, 0.3) is 5.69 Å². The van der Waals surface area contributed by atoms with Crippen molar-refractivity contribution in [2.45, 2.75) is 13.8 Å². The third-order valence-electron chi connectivity index (χ3n) is 1.79. The predicted octanol–water partition coefficient (Wildman–Crippen LogP) is 3.11. The molecule has 0 fully saturated rings. The van der Waals surface area contributed by atoms with Crippen LogP contribution in [-0.4, -0.2) is 4.92 Å². The van der Waals surface area contributed by atoms with E-state index < -0.39 is 10.7 Å². The van der Waals surface area contributed by atoms with Gasteiger partial charge in [-0.05, 0) is 41.4 Å². The summed E-state index contributed by atoms with van der Waals surface area (Å²) in [7, 11) is 0. The molecule has 0 spiro atoms. The van der Waals surface area contributed by atoms with Crippen LogP contribution < -0.4 is 0 Å². The van der Waals surface area contributed by atoms with E-state index in [0.29, 0.717) is 10.0 Å². The van der Waals surface area contributed by atoms with Crippen LogP contribution >= 0.6 is 15.9 Å². The molecule has 70 valence electrons. The van der Waals surface area contributed by atoms with Gasteiger partial charge in [-0.3, -0.25) is 10.1 Å². The van der Waals surface area contributed by atoms with Crippen molar-refractivity contribution in [2.24, 2.45) is 0 Å². The Bertz CT molecular complexity index is 353. The lowest BCUT2D eigenvalue weighted by Gasteiger charge is -2.03. The van der Waals surface area contributed by atoms with Crippen molar-refractivity contribution < 1.29 is 9.31 Å². The smallest absolute Gasteiger partial charge is 0.258 e. The van der Waals surface area contributed by atoms with E-state index in [9.17, 15) is 14.5 Å². The summed E-state index contributed by atoms with van der Waals surface area (Å²) in [4.78, 5) is 9.97. The number of hydrogen-bond acceptors (Lipinski definition) is 2. The molecule has 5 heteroatoms. The van der Waals surface area contributed by atoms with E-state index in [1.807, 2.05) is 0 Å². The van der Waals surface area contributed by atoms with Crippen LogP contribution in [0.4, 0.5) is 10.1 Å². The molecule has 0 saturated heterocycles. The van der Waals surface area contributed by atoms with Crippen LogP contribution in [0.15, 0.2) is 10.5 Å². The average Bonchev–Trinajstić information content (AvgIpc) is 2.01. The Labute approximate surface area is 82.8 Å². The molecule has 0 N–H and O–H groups in total. The quantitative estimate of drug-likeness (QED) is 0.566. The highest BCUT2D eigenvalue weighted by molar-refractivity contribution is 9.10. The summed E-state index contributed by atoms with van der Waals surface area (Å²) in [6, 6.07) is 1.27. The number of aryl methyl sites for hydroxylation is 1. The average molecular weight is 248 g/mol. The Kier molecular flexibility index (Phi) is 2.66. The molecule has 0 aliphatic heterocycles. The van der Waals surface area contributed by atoms with Crippen LogP contribution in [0.3, 0.4) is 0 Å². The van der Waals surface area contributed by atoms with E-state index in [-0.39, 0.29) is 11.3 Å². The van der Waals surface area contributed by atoms with E-state index in [2.05, 4.69) is 15.9 Å². The van der Waals surface area contributed by atoms with E-state index in [1.165, 1.54) is 13.0 Å². The molecule has 1 rings (SSSR count). The highest BCUT2D eigenvalue weighted by atomic mass is 79.9. The van der Waals surface area contributed by atoms with Crippen molar-refractivity contribution in [2.75, 3.05) is 0 Å². The number of hydrogen-bond donors (Lipinski definition) is 0. The third-order valence-corrected chi connectivity index (χ3v) is 2.79. The molecule has 0 bridgehead atoms. The lowest BCUT2D eigenvalue weighted by molar-refractivity contribution is -0.386. The molecule has 0 amide bonds. The second-order valence-electron chi connectivity index (χ2n) is 2.72. The lowest BCUT2D eigenvalue weighted by Crippen LogP contribution is -1.97. The summed E-state index contributed by atoms with van der Waals surface area (Å²) < 4.78 is 13.4. The van der Waals surface area contributed by atoms with Gasteiger partial charge in [0.1, 0.15) is 5.82 Å². The van der Waals surface area contributed by atoms with Gasteiger partial charge in [-0.15, -0.1) is 0 Å². The highest BCUT2D eigenvalue weighted by Gasteiger charge is 2.20. The molecule has 0 heterocycles. The molecule has 0 aliphatic carbocycles. The molecule has 1 aromatic rings. The largest absolute Gasteiger partial charge is 0.289 e. The van der Waals surface area contributed by atoms with Crippen molar-refractivity contribution >= 4 is 21.6 Å². The molecule has 13 heavy (non-hydrogen) atoms. The minimum atomic E-state index is -0.588. The van der Waals surface area contributed by atoms with Crippen LogP contribution in [0.1, 0.15) is 11.1 Å². The van der Waals surface area contributed by atoms with E-state index >= 15 is 0 Å². The van der Waals surface area contributed by atoms with Crippen LogP contribution in [0.5, 0.6) is 0 Å². The van der Waals surface area contributed by atoms with Crippen molar-refractivity contribution in [3.63, 3.8) is 0 Å². The predicted molar refractivity (Wildman–Crippen MR) is 50.2 cm³/mol. The fourth-order valence-corrected chi connectivity index (χ4v) is 1.60. The van der Waals surface area contributed by atoms with Crippen molar-refractivity contribution in [3.05, 3.63) is 37.6 Å². The second-order valence-corrected chi connectivity index (χ2v) is 3.51. The standard InChI is InChI=1S/C8H7BrFNO2/c1-4-3-6(10)5(2)8(7(4)9)11(12)13/h3H,1-2H3. The van der Waals surface area contributed by atoms with Crippen LogP contribution in [-0.2, 0) is 0 Å². The number of benzene rings is 1. The lowest BCUT2D eigenvalue weighted by atomic mass is 10.1. The maximum atomic E-state index is 13.1. The van der Waals surface area contributed by atoms with Gasteiger partial charge in [0.15, 0.2) is 0 Å². The summed E-state index contributed by atoms with van der Waals surface area (Å²) in [5.74, 6) is -0.549. The Morgan fingerprint density at radius 2 is 2.08 bits per heavy atom. The number of nitrogens with zero attached hydrogens (tertiary/aromatic N) is 1. The molecule has 0 saturated carbocycles. The summed E-state index contributed by atoms with van der Waals surface area (Å²) in [6.07, 6.45) is 0. The normalized spacial score (nSPS) is 10.2. The highest BCUT2D eigenvalue weighted by Crippen LogP contribution is 2.32. The summed E-state index contributed by atoms with van der Waals surface area (Å²) in [5, 5.41) is 10.6. The van der Waals surface area contributed by atoms with Gasteiger partial charge in [0.2, 0.25) is 0 Å². The second kappa shape index (κ2) is 3.41. The van der Waals surface area contributed by atoms with Crippen LogP contribution in [0.2, 0.25) is 0 Å². The van der Waals surface area contributed by atoms with E-state index in [1.54, 1.807) is 6.92 Å². The summed E-state index contributed by atoms with van der Waals surface area (Å²) >= 11 is 3.06. The van der Waals surface area contributed by atoms with E-state index in [0.717, 1.165) is 0 Å². The first-order valence-corrected chi connectivity index (χ1v) is 4.34. The molecular formula is C8H7BrFNO2. The topological polar surface area (TPSA) is 43.1 Å². The summed E-state index contributed by atoms with van der Waals surface area (Å²) in [5.41, 5.74) is 0.384. The van der Waals surface area contributed by atoms with Gasteiger partial charge in [-0.2, -0.15) is 0 Å². The fraction of sp³-hybridized carbons (Fsp3) is 0.250. The number of nitro groups is 1. The first kappa shape index (κ1) is 10.1. The van der Waals surface area contributed by atoms with Gasteiger partial charge in [-0.25, -0.2) is 4.39 Å². The first-order chi connectivity index (χ1) is 5.95. The zero-order chi connectivity index (χ0) is 10.2. The molecule has 0 unspecified atom stereocenters. The molecule has 0 atom stereocenters. The Morgan fingerprint density at radius 1 is 1.54 bits per heavy atom. The number of nitro benzene ring substituents is 1. The molecule has 3 nitrogen and oxygen atoms in total. The number of rotatable bonds is 1. The Hall–Kier alpha value is -0.970. The molecule has 0 radical (unpaired) electrons. The zero-order valence-electron chi connectivity index (χ0n) is 7.10. The molecule has 0 aliphatic rings. The fourth-order valence-electron chi connectivity index (χ4n) is 1.04. The van der Waals surface area contributed by atoms with Gasteiger partial charge < -0.3 is 0 Å². The maximum absolute atomic E-state index is 13.1. The Balaban J connectivity index is 3.56. The van der Waals surface area contributed by atoms with Gasteiger partial charge in [0, 0.05) is 0 Å². The maximum Gasteiger partial charge on any atom is 0.289 e. The van der Waals surface area contributed by atoms with Crippen LogP contribution in [0, 0.1) is 29.8 Å². The van der Waals surface area contributed by atoms with Crippen LogP contribution in [0.25, 0.3) is 0 Å². The SMILES string of the molecule is Cc1cc(F)c(C)c([N+](=O)[O-])c1Br. The minimum Gasteiger partial charge on any atom is -0.258 e. The molecule has 0 aromatic heterocycles. The number of halogens is 2. The Morgan fingerprint density at radius 3 is 2.54 bits per heavy atom. The molecule has 1 aromatic carbocycles. The van der Waals surface area contributed by atoms with Crippen molar-refractivity contribution in [1.82, 2.24) is 0 Å². The monoisotopic (exact) mass is 247 g/mol. The summed E-state index contributed by atoms with van der Waals surface area (Å²) in [6.45, 7) is 3.00. The van der Waals surface area contributed by atoms with Gasteiger partial charge in [-0.1, -0.05) is 0 Å². The van der Waals surface area contributed by atoms with Gasteiger partial charge >= 0.3 is 0 Å². The van der Waals surface area contributed by atoms with Gasteiger partial charge in [0.05, 0.1) is 15.0 Å². The zero-order valence-corrected chi connectivity index (χ0v) is 8.68. The third kappa shape index (κ3) is 1.70. The van der Waals surface area contributed by atoms with Crippen molar-refractivity contribution in [3.8, 4) is 0 Å². The molecular weight excluding hydrogens is 241 g/mol. The first-order valence-electron chi connectivity index (χ1n) is 3.54.